The first-order valence-electron chi connectivity index (χ1n) is 7.68. The second kappa shape index (κ2) is 6.88. The van der Waals surface area contributed by atoms with Gasteiger partial charge in [0, 0.05) is 26.3 Å². The molecule has 0 aromatic carbocycles. The molecule has 20 heavy (non-hydrogen) atoms. The summed E-state index contributed by atoms with van der Waals surface area (Å²) in [6.07, 6.45) is 5.07. The zero-order chi connectivity index (χ0) is 14.5. The zero-order valence-electron chi connectivity index (χ0n) is 12.9. The maximum atomic E-state index is 12.7. The molecule has 1 atom stereocenters. The van der Waals surface area contributed by atoms with Crippen molar-refractivity contribution in [2.24, 2.45) is 13.0 Å². The van der Waals surface area contributed by atoms with Crippen LogP contribution in [-0.4, -0.2) is 46.8 Å². The van der Waals surface area contributed by atoms with Crippen LogP contribution in [0.5, 0.6) is 0 Å². The summed E-state index contributed by atoms with van der Waals surface area (Å²) in [6, 6.07) is 0. The van der Waals surface area contributed by atoms with Gasteiger partial charge in [-0.2, -0.15) is 5.10 Å². The average Bonchev–Trinajstić information content (AvgIpc) is 2.86. The van der Waals surface area contributed by atoms with Gasteiger partial charge in [0.1, 0.15) is 0 Å². The van der Waals surface area contributed by atoms with E-state index in [1.54, 1.807) is 4.68 Å². The van der Waals surface area contributed by atoms with E-state index in [9.17, 15) is 4.79 Å². The first kappa shape index (κ1) is 15.0. The third-order valence-corrected chi connectivity index (χ3v) is 4.02. The molecule has 2 heterocycles. The Morgan fingerprint density at radius 3 is 2.95 bits per heavy atom. The van der Waals surface area contributed by atoms with Crippen molar-refractivity contribution in [1.29, 1.82) is 0 Å². The fourth-order valence-corrected chi connectivity index (χ4v) is 2.89. The van der Waals surface area contributed by atoms with Crippen molar-refractivity contribution < 1.29 is 4.79 Å². The highest BCUT2D eigenvalue weighted by Crippen LogP contribution is 2.16. The maximum absolute atomic E-state index is 12.7. The number of hydrogen-bond acceptors (Lipinski definition) is 3. The number of rotatable bonds is 5. The van der Waals surface area contributed by atoms with Crippen molar-refractivity contribution in [3.05, 3.63) is 17.5 Å². The molecule has 1 saturated heterocycles. The van der Waals surface area contributed by atoms with Crippen LogP contribution in [0.4, 0.5) is 0 Å². The van der Waals surface area contributed by atoms with Crippen LogP contribution in [0.2, 0.25) is 0 Å². The maximum Gasteiger partial charge on any atom is 0.257 e. The van der Waals surface area contributed by atoms with Gasteiger partial charge in [0.05, 0.1) is 11.3 Å². The minimum absolute atomic E-state index is 0.128. The van der Waals surface area contributed by atoms with Crippen molar-refractivity contribution in [2.45, 2.75) is 33.1 Å². The molecule has 1 N–H and O–H groups in total. The highest BCUT2D eigenvalue weighted by Gasteiger charge is 2.23. The van der Waals surface area contributed by atoms with E-state index in [1.807, 2.05) is 25.1 Å². The van der Waals surface area contributed by atoms with Gasteiger partial charge in [-0.25, -0.2) is 0 Å². The minimum atomic E-state index is 0.128. The highest BCUT2D eigenvalue weighted by molar-refractivity contribution is 5.95. The molecule has 1 aliphatic rings. The zero-order valence-corrected chi connectivity index (χ0v) is 12.9. The number of aryl methyl sites for hydroxylation is 2. The lowest BCUT2D eigenvalue weighted by Crippen LogP contribution is -2.41. The van der Waals surface area contributed by atoms with Crippen LogP contribution in [0.25, 0.3) is 0 Å². The van der Waals surface area contributed by atoms with Crippen molar-refractivity contribution in [3.63, 3.8) is 0 Å². The second-order valence-corrected chi connectivity index (χ2v) is 5.57. The quantitative estimate of drug-likeness (QED) is 0.887. The number of aromatic nitrogens is 2. The predicted octanol–water partition coefficient (Wildman–Crippen LogP) is 1.44. The Labute approximate surface area is 121 Å². The lowest BCUT2D eigenvalue weighted by Gasteiger charge is -2.29. The molecule has 1 amide bonds. The summed E-state index contributed by atoms with van der Waals surface area (Å²) in [6.45, 7) is 7.83. The van der Waals surface area contributed by atoms with Crippen LogP contribution in [0.1, 0.15) is 42.7 Å². The van der Waals surface area contributed by atoms with Gasteiger partial charge < -0.3 is 10.2 Å². The Kier molecular flexibility index (Phi) is 5.17. The number of carbonyl (C=O) groups is 1. The lowest BCUT2D eigenvalue weighted by molar-refractivity contribution is 0.0728. The summed E-state index contributed by atoms with van der Waals surface area (Å²) >= 11 is 0. The van der Waals surface area contributed by atoms with Crippen LogP contribution >= 0.6 is 0 Å². The summed E-state index contributed by atoms with van der Waals surface area (Å²) in [5, 5.41) is 7.79. The fraction of sp³-hybridized carbons (Fsp3) is 0.733. The molecule has 0 bridgehead atoms. The molecule has 112 valence electrons. The SMILES string of the molecule is CCc1nn(C)cc1C(=O)N(CC)CC1CCCNC1. The molecule has 5 heteroatoms. The second-order valence-electron chi connectivity index (χ2n) is 5.57. The molecule has 0 saturated carbocycles. The molecule has 2 rings (SSSR count). The van der Waals surface area contributed by atoms with Crippen molar-refractivity contribution in [2.75, 3.05) is 26.2 Å². The van der Waals surface area contributed by atoms with Gasteiger partial charge in [-0.15, -0.1) is 0 Å². The first-order chi connectivity index (χ1) is 9.65. The molecule has 1 unspecified atom stereocenters. The molecule has 1 fully saturated rings. The van der Waals surface area contributed by atoms with E-state index >= 15 is 0 Å². The average molecular weight is 278 g/mol. The minimum Gasteiger partial charge on any atom is -0.338 e. The monoisotopic (exact) mass is 278 g/mol. The largest absolute Gasteiger partial charge is 0.338 e. The Bertz CT molecular complexity index is 449. The van der Waals surface area contributed by atoms with Crippen LogP contribution < -0.4 is 5.32 Å². The summed E-state index contributed by atoms with van der Waals surface area (Å²) in [5.41, 5.74) is 1.67. The number of carbonyl (C=O) groups excluding carboxylic acids is 1. The van der Waals surface area contributed by atoms with Crippen LogP contribution in [0, 0.1) is 5.92 Å². The highest BCUT2D eigenvalue weighted by atomic mass is 16.2. The topological polar surface area (TPSA) is 50.2 Å². The third-order valence-electron chi connectivity index (χ3n) is 4.02. The standard InChI is InChI=1S/C15H26N4O/c1-4-14-13(11-18(3)17-14)15(20)19(5-2)10-12-7-6-8-16-9-12/h11-12,16H,4-10H2,1-3H3. The Morgan fingerprint density at radius 1 is 1.55 bits per heavy atom. The van der Waals surface area contributed by atoms with Gasteiger partial charge in [0.25, 0.3) is 5.91 Å². The van der Waals surface area contributed by atoms with Crippen LogP contribution in [0.15, 0.2) is 6.20 Å². The Hall–Kier alpha value is -1.36. The van der Waals surface area contributed by atoms with Crippen molar-refractivity contribution >= 4 is 5.91 Å². The smallest absolute Gasteiger partial charge is 0.257 e. The van der Waals surface area contributed by atoms with Gasteiger partial charge in [0.15, 0.2) is 0 Å². The molecule has 1 aromatic rings. The summed E-state index contributed by atoms with van der Waals surface area (Å²) in [5.74, 6) is 0.706. The molecule has 5 nitrogen and oxygen atoms in total. The van der Waals surface area contributed by atoms with E-state index in [0.717, 1.165) is 43.9 Å². The molecule has 1 aromatic heterocycles. The van der Waals surface area contributed by atoms with Crippen molar-refractivity contribution in [3.8, 4) is 0 Å². The van der Waals surface area contributed by atoms with E-state index in [1.165, 1.54) is 12.8 Å². The first-order valence-corrected chi connectivity index (χ1v) is 7.68. The molecule has 1 aliphatic heterocycles. The van der Waals surface area contributed by atoms with Crippen molar-refractivity contribution in [1.82, 2.24) is 20.0 Å². The molecular weight excluding hydrogens is 252 g/mol. The summed E-state index contributed by atoms with van der Waals surface area (Å²) < 4.78 is 1.74. The molecule has 0 aliphatic carbocycles. The number of amides is 1. The Balaban J connectivity index is 2.07. The van der Waals surface area contributed by atoms with E-state index in [0.29, 0.717) is 5.92 Å². The van der Waals surface area contributed by atoms with Crippen LogP contribution in [0.3, 0.4) is 0 Å². The summed E-state index contributed by atoms with van der Waals surface area (Å²) in [7, 11) is 1.87. The fourth-order valence-electron chi connectivity index (χ4n) is 2.89. The number of piperidine rings is 1. The molecule has 0 radical (unpaired) electrons. The van der Waals surface area contributed by atoms with Gasteiger partial charge in [-0.3, -0.25) is 9.48 Å². The molecular formula is C15H26N4O. The normalized spacial score (nSPS) is 19.1. The summed E-state index contributed by atoms with van der Waals surface area (Å²) in [4.78, 5) is 14.7. The van der Waals surface area contributed by atoms with Gasteiger partial charge in [-0.1, -0.05) is 6.92 Å². The van der Waals surface area contributed by atoms with Gasteiger partial charge in [-0.05, 0) is 45.2 Å². The number of hydrogen-bond donors (Lipinski definition) is 1. The van der Waals surface area contributed by atoms with E-state index in [-0.39, 0.29) is 5.91 Å². The number of nitrogens with zero attached hydrogens (tertiary/aromatic N) is 3. The Morgan fingerprint density at radius 2 is 2.35 bits per heavy atom. The van der Waals surface area contributed by atoms with E-state index in [4.69, 9.17) is 0 Å². The van der Waals surface area contributed by atoms with Crippen LogP contribution in [-0.2, 0) is 13.5 Å². The lowest BCUT2D eigenvalue weighted by atomic mass is 9.98. The number of nitrogens with one attached hydrogen (secondary N) is 1. The van der Waals surface area contributed by atoms with E-state index in [2.05, 4.69) is 17.3 Å². The predicted molar refractivity (Wildman–Crippen MR) is 79.8 cm³/mol. The van der Waals surface area contributed by atoms with E-state index < -0.39 is 0 Å². The van der Waals surface area contributed by atoms with Gasteiger partial charge in [0.2, 0.25) is 0 Å². The van der Waals surface area contributed by atoms with Gasteiger partial charge >= 0.3 is 0 Å². The third kappa shape index (κ3) is 3.39. The molecule has 0 spiro atoms.